The van der Waals surface area contributed by atoms with Crippen LogP contribution in [0.1, 0.15) is 13.8 Å². The smallest absolute Gasteiger partial charge is 0.309 e. The molecule has 0 unspecified atom stereocenters. The molecule has 76 valence electrons. The van der Waals surface area contributed by atoms with Crippen LogP contribution in [0.3, 0.4) is 0 Å². The van der Waals surface area contributed by atoms with Gasteiger partial charge in [0.05, 0.1) is 19.4 Å². The van der Waals surface area contributed by atoms with E-state index in [4.69, 9.17) is 9.05 Å². The van der Waals surface area contributed by atoms with Gasteiger partial charge in [-0.25, -0.2) is 0 Å². The molecule has 0 atom stereocenters. The maximum atomic E-state index is 11.7. The van der Waals surface area contributed by atoms with Crippen molar-refractivity contribution in [3.05, 3.63) is 12.2 Å². The van der Waals surface area contributed by atoms with Crippen LogP contribution in [0.5, 0.6) is 0 Å². The lowest BCUT2D eigenvalue weighted by Crippen LogP contribution is -1.98. The van der Waals surface area contributed by atoms with Gasteiger partial charge in [-0.05, 0) is 19.9 Å². The lowest BCUT2D eigenvalue weighted by atomic mass is 10.6. The van der Waals surface area contributed by atoms with Crippen molar-refractivity contribution < 1.29 is 18.4 Å². The third-order valence-electron chi connectivity index (χ3n) is 1.20. The van der Waals surface area contributed by atoms with E-state index in [2.05, 4.69) is 0 Å². The van der Waals surface area contributed by atoms with Crippen molar-refractivity contribution in [3.63, 3.8) is 0 Å². The fourth-order valence-electron chi connectivity index (χ4n) is 0.782. The minimum atomic E-state index is -2.99. The molecule has 0 rings (SSSR count). The molecule has 0 amide bonds. The summed E-state index contributed by atoms with van der Waals surface area (Å²) in [6, 6.07) is 0. The lowest BCUT2D eigenvalue weighted by molar-refractivity contribution is -0.104. The summed E-state index contributed by atoms with van der Waals surface area (Å²) in [4.78, 5) is 9.95. The highest BCUT2D eigenvalue weighted by atomic mass is 31.2. The molecule has 0 aromatic heterocycles. The molecule has 0 aliphatic rings. The van der Waals surface area contributed by atoms with Crippen LogP contribution in [0, 0.1) is 0 Å². The second-order valence-corrected chi connectivity index (χ2v) is 4.30. The molecule has 0 aromatic rings. The molecule has 0 fully saturated rings. The Bertz CT molecular complexity index is 202. The second-order valence-electron chi connectivity index (χ2n) is 2.19. The van der Waals surface area contributed by atoms with Gasteiger partial charge < -0.3 is 9.05 Å². The Hall–Kier alpha value is -0.440. The Labute approximate surface area is 78.5 Å². The molecule has 0 bridgehead atoms. The molecule has 4 nitrogen and oxygen atoms in total. The summed E-state index contributed by atoms with van der Waals surface area (Å²) >= 11 is 0. The highest BCUT2D eigenvalue weighted by molar-refractivity contribution is 7.54. The van der Waals surface area contributed by atoms with Crippen LogP contribution < -0.4 is 0 Å². The second kappa shape index (κ2) is 7.01. The molecule has 0 aliphatic carbocycles. The van der Waals surface area contributed by atoms with Gasteiger partial charge in [-0.2, -0.15) is 0 Å². The number of aldehydes is 1. The first-order valence-electron chi connectivity index (χ1n) is 4.17. The zero-order valence-corrected chi connectivity index (χ0v) is 8.83. The summed E-state index contributed by atoms with van der Waals surface area (Å²) in [6.45, 7) is 4.17. The first kappa shape index (κ1) is 12.6. The van der Waals surface area contributed by atoms with Crippen molar-refractivity contribution in [1.29, 1.82) is 0 Å². The van der Waals surface area contributed by atoms with Crippen molar-refractivity contribution in [2.24, 2.45) is 0 Å². The predicted molar refractivity (Wildman–Crippen MR) is 50.9 cm³/mol. The highest BCUT2D eigenvalue weighted by Gasteiger charge is 2.20. The molecule has 0 heterocycles. The first-order valence-corrected chi connectivity index (χ1v) is 5.89. The third kappa shape index (κ3) is 5.75. The summed E-state index contributed by atoms with van der Waals surface area (Å²) in [6.07, 6.45) is 3.54. The first-order chi connectivity index (χ1) is 6.18. The molecule has 0 aliphatic heterocycles. The van der Waals surface area contributed by atoms with Crippen LogP contribution in [0.25, 0.3) is 0 Å². The van der Waals surface area contributed by atoms with Crippen LogP contribution in [-0.2, 0) is 18.4 Å². The van der Waals surface area contributed by atoms with Gasteiger partial charge in [0.1, 0.15) is 6.29 Å². The number of hydrogen-bond donors (Lipinski definition) is 0. The topological polar surface area (TPSA) is 52.6 Å². The van der Waals surface area contributed by atoms with Gasteiger partial charge in [0.2, 0.25) is 0 Å². The molecule has 0 saturated carbocycles. The zero-order chi connectivity index (χ0) is 10.2. The Kier molecular flexibility index (Phi) is 6.77. The Morgan fingerprint density at radius 3 is 2.15 bits per heavy atom. The maximum Gasteiger partial charge on any atom is 0.334 e. The minimum Gasteiger partial charge on any atom is -0.309 e. The van der Waals surface area contributed by atoms with Crippen LogP contribution in [0.15, 0.2) is 12.2 Å². The zero-order valence-electron chi connectivity index (χ0n) is 7.93. The normalized spacial score (nSPS) is 12.2. The minimum absolute atomic E-state index is 0.146. The standard InChI is InChI=1S/C8H15O4P/c1-3-11-13(10,12-4-2)8-6-5-7-9/h5-7H,3-4,8H2,1-2H3/b6-5+. The largest absolute Gasteiger partial charge is 0.334 e. The van der Waals surface area contributed by atoms with Crippen molar-refractivity contribution in [2.75, 3.05) is 19.4 Å². The number of rotatable bonds is 7. The van der Waals surface area contributed by atoms with Crippen LogP contribution in [0.4, 0.5) is 0 Å². The highest BCUT2D eigenvalue weighted by Crippen LogP contribution is 2.47. The molecule has 13 heavy (non-hydrogen) atoms. The van der Waals surface area contributed by atoms with Gasteiger partial charge in [0.25, 0.3) is 0 Å². The summed E-state index contributed by atoms with van der Waals surface area (Å²) in [5, 5.41) is 0. The van der Waals surface area contributed by atoms with Crippen molar-refractivity contribution >= 4 is 13.9 Å². The van der Waals surface area contributed by atoms with Crippen molar-refractivity contribution in [2.45, 2.75) is 13.8 Å². The average molecular weight is 206 g/mol. The molecule has 5 heteroatoms. The fraction of sp³-hybridized carbons (Fsp3) is 0.625. The molecule has 0 N–H and O–H groups in total. The average Bonchev–Trinajstić information content (AvgIpc) is 2.05. The van der Waals surface area contributed by atoms with E-state index in [0.717, 1.165) is 0 Å². The van der Waals surface area contributed by atoms with Crippen molar-refractivity contribution in [3.8, 4) is 0 Å². The lowest BCUT2D eigenvalue weighted by Gasteiger charge is -2.14. The molecule has 0 radical (unpaired) electrons. The van der Waals surface area contributed by atoms with E-state index in [0.29, 0.717) is 19.5 Å². The fourth-order valence-corrected chi connectivity index (χ4v) is 2.23. The van der Waals surface area contributed by atoms with Gasteiger partial charge in [0.15, 0.2) is 0 Å². The van der Waals surface area contributed by atoms with E-state index in [-0.39, 0.29) is 6.16 Å². The molecule has 0 saturated heterocycles. The van der Waals surface area contributed by atoms with Crippen LogP contribution in [0.2, 0.25) is 0 Å². The Balaban J connectivity index is 4.14. The molecule has 0 aromatic carbocycles. The van der Waals surface area contributed by atoms with E-state index >= 15 is 0 Å². The van der Waals surface area contributed by atoms with E-state index in [1.165, 1.54) is 12.2 Å². The molecular weight excluding hydrogens is 191 g/mol. The van der Waals surface area contributed by atoms with Gasteiger partial charge >= 0.3 is 7.60 Å². The van der Waals surface area contributed by atoms with E-state index < -0.39 is 7.60 Å². The number of carbonyl (C=O) groups excluding carboxylic acids is 1. The van der Waals surface area contributed by atoms with Crippen LogP contribution in [-0.4, -0.2) is 25.7 Å². The van der Waals surface area contributed by atoms with Gasteiger partial charge in [0, 0.05) is 0 Å². The van der Waals surface area contributed by atoms with E-state index in [1.807, 2.05) is 0 Å². The van der Waals surface area contributed by atoms with Gasteiger partial charge in [-0.3, -0.25) is 9.36 Å². The summed E-state index contributed by atoms with van der Waals surface area (Å²) < 4.78 is 21.6. The SMILES string of the molecule is CCOP(=O)(C/C=C/C=O)OCC. The predicted octanol–water partition coefficient (Wildman–Crippen LogP) is 2.01. The monoisotopic (exact) mass is 206 g/mol. The van der Waals surface area contributed by atoms with Crippen LogP contribution >= 0.6 is 7.60 Å². The maximum absolute atomic E-state index is 11.7. The third-order valence-corrected chi connectivity index (χ3v) is 3.16. The number of allylic oxidation sites excluding steroid dienone is 2. The summed E-state index contributed by atoms with van der Waals surface area (Å²) in [5.74, 6) is 0. The quantitative estimate of drug-likeness (QED) is 0.363. The number of carbonyl (C=O) groups is 1. The Morgan fingerprint density at radius 2 is 1.77 bits per heavy atom. The molecule has 0 spiro atoms. The van der Waals surface area contributed by atoms with Gasteiger partial charge in [-0.15, -0.1) is 0 Å². The van der Waals surface area contributed by atoms with Crippen molar-refractivity contribution in [1.82, 2.24) is 0 Å². The summed E-state index contributed by atoms with van der Waals surface area (Å²) in [5.41, 5.74) is 0. The van der Waals surface area contributed by atoms with E-state index in [1.54, 1.807) is 13.8 Å². The number of hydrogen-bond acceptors (Lipinski definition) is 4. The Morgan fingerprint density at radius 1 is 1.23 bits per heavy atom. The van der Waals surface area contributed by atoms with E-state index in [9.17, 15) is 9.36 Å². The molecular formula is C8H15O4P. The summed E-state index contributed by atoms with van der Waals surface area (Å²) in [7, 11) is -2.99. The van der Waals surface area contributed by atoms with Gasteiger partial charge in [-0.1, -0.05) is 6.08 Å².